The van der Waals surface area contributed by atoms with Gasteiger partial charge in [-0.2, -0.15) is 0 Å². The molecular weight excluding hydrogens is 358 g/mol. The van der Waals surface area contributed by atoms with Crippen molar-refractivity contribution in [3.8, 4) is 0 Å². The number of anilines is 1. The predicted octanol–water partition coefficient (Wildman–Crippen LogP) is 0.184. The van der Waals surface area contributed by atoms with Crippen molar-refractivity contribution >= 4 is 27.3 Å². The molecular formula is C16H17N5O4S. The number of sulfonamides is 1. The van der Waals surface area contributed by atoms with Gasteiger partial charge in [0.25, 0.3) is 0 Å². The van der Waals surface area contributed by atoms with Crippen LogP contribution in [0.25, 0.3) is 5.65 Å². The SMILES string of the molecule is CS(=O)(=O)Nc1cccc(CNC(=O)Cn2nc3ccccn3c2=O)c1. The van der Waals surface area contributed by atoms with Crippen LogP contribution in [0.5, 0.6) is 0 Å². The lowest BCUT2D eigenvalue weighted by molar-refractivity contribution is -0.122. The second kappa shape index (κ2) is 7.00. The minimum atomic E-state index is -3.37. The number of benzene rings is 1. The van der Waals surface area contributed by atoms with E-state index in [-0.39, 0.29) is 19.0 Å². The van der Waals surface area contributed by atoms with Gasteiger partial charge in [-0.05, 0) is 29.8 Å². The van der Waals surface area contributed by atoms with Crippen molar-refractivity contribution < 1.29 is 13.2 Å². The molecule has 0 spiro atoms. The average Bonchev–Trinajstić information content (AvgIpc) is 2.88. The third-order valence-electron chi connectivity index (χ3n) is 3.50. The van der Waals surface area contributed by atoms with Crippen LogP contribution in [0.1, 0.15) is 5.56 Å². The largest absolute Gasteiger partial charge is 0.350 e. The number of hydrogen-bond acceptors (Lipinski definition) is 5. The Morgan fingerprint density at radius 1 is 1.19 bits per heavy atom. The van der Waals surface area contributed by atoms with Crippen molar-refractivity contribution in [2.24, 2.45) is 0 Å². The highest BCUT2D eigenvalue weighted by Gasteiger charge is 2.10. The molecule has 3 rings (SSSR count). The number of aromatic nitrogens is 3. The number of hydrogen-bond donors (Lipinski definition) is 2. The Kier molecular flexibility index (Phi) is 4.76. The van der Waals surface area contributed by atoms with E-state index in [1.54, 1.807) is 48.7 Å². The second-order valence-electron chi connectivity index (χ2n) is 5.72. The van der Waals surface area contributed by atoms with Gasteiger partial charge < -0.3 is 5.32 Å². The summed E-state index contributed by atoms with van der Waals surface area (Å²) in [7, 11) is -3.37. The predicted molar refractivity (Wildman–Crippen MR) is 96.2 cm³/mol. The highest BCUT2D eigenvalue weighted by Crippen LogP contribution is 2.11. The molecule has 10 heteroatoms. The Morgan fingerprint density at radius 2 is 2.00 bits per heavy atom. The van der Waals surface area contributed by atoms with E-state index < -0.39 is 15.7 Å². The lowest BCUT2D eigenvalue weighted by Gasteiger charge is -2.08. The van der Waals surface area contributed by atoms with Gasteiger partial charge in [-0.1, -0.05) is 18.2 Å². The lowest BCUT2D eigenvalue weighted by atomic mass is 10.2. The summed E-state index contributed by atoms with van der Waals surface area (Å²) in [5.74, 6) is -0.378. The molecule has 0 unspecified atom stereocenters. The fraction of sp³-hybridized carbons (Fsp3) is 0.188. The minimum absolute atomic E-state index is 0.195. The summed E-state index contributed by atoms with van der Waals surface area (Å²) in [4.78, 5) is 24.2. The van der Waals surface area contributed by atoms with Crippen LogP contribution in [0.15, 0.2) is 53.5 Å². The van der Waals surface area contributed by atoms with Gasteiger partial charge in [0.1, 0.15) is 6.54 Å². The van der Waals surface area contributed by atoms with Crippen LogP contribution in [-0.2, 0) is 27.9 Å². The molecule has 2 aromatic heterocycles. The molecule has 0 atom stereocenters. The Morgan fingerprint density at radius 3 is 2.73 bits per heavy atom. The topological polar surface area (TPSA) is 115 Å². The summed E-state index contributed by atoms with van der Waals surface area (Å²) in [6, 6.07) is 11.8. The van der Waals surface area contributed by atoms with E-state index in [4.69, 9.17) is 0 Å². The second-order valence-corrected chi connectivity index (χ2v) is 7.47. The van der Waals surface area contributed by atoms with E-state index >= 15 is 0 Å². The molecule has 0 radical (unpaired) electrons. The van der Waals surface area contributed by atoms with Gasteiger partial charge in [-0.3, -0.25) is 13.9 Å². The molecule has 0 saturated heterocycles. The van der Waals surface area contributed by atoms with E-state index in [0.717, 1.165) is 10.9 Å². The third kappa shape index (κ3) is 4.28. The van der Waals surface area contributed by atoms with Gasteiger partial charge in [-0.25, -0.2) is 17.9 Å². The average molecular weight is 375 g/mol. The van der Waals surface area contributed by atoms with Crippen LogP contribution in [0.4, 0.5) is 5.69 Å². The van der Waals surface area contributed by atoms with Crippen molar-refractivity contribution in [3.63, 3.8) is 0 Å². The van der Waals surface area contributed by atoms with Crippen LogP contribution in [0, 0.1) is 0 Å². The Hall–Kier alpha value is -3.14. The van der Waals surface area contributed by atoms with E-state index in [9.17, 15) is 18.0 Å². The van der Waals surface area contributed by atoms with E-state index in [0.29, 0.717) is 16.9 Å². The summed E-state index contributed by atoms with van der Waals surface area (Å²) in [6.07, 6.45) is 2.65. The number of carbonyl (C=O) groups is 1. The van der Waals surface area contributed by atoms with Gasteiger partial charge in [0.05, 0.1) is 6.26 Å². The van der Waals surface area contributed by atoms with E-state index in [1.165, 1.54) is 4.40 Å². The summed E-state index contributed by atoms with van der Waals surface area (Å²) in [5, 5.41) is 6.78. The lowest BCUT2D eigenvalue weighted by Crippen LogP contribution is -2.32. The number of rotatable bonds is 6. The van der Waals surface area contributed by atoms with Gasteiger partial charge >= 0.3 is 5.69 Å². The number of carbonyl (C=O) groups excluding carboxylic acids is 1. The number of fused-ring (bicyclic) bond motifs is 1. The molecule has 0 bridgehead atoms. The molecule has 1 aromatic carbocycles. The Labute approximate surface area is 149 Å². The fourth-order valence-corrected chi connectivity index (χ4v) is 2.98. The summed E-state index contributed by atoms with van der Waals surface area (Å²) in [6.45, 7) is -0.0119. The van der Waals surface area contributed by atoms with Gasteiger partial charge in [-0.15, -0.1) is 5.10 Å². The quantitative estimate of drug-likeness (QED) is 0.638. The molecule has 0 aliphatic carbocycles. The molecule has 0 aliphatic rings. The summed E-state index contributed by atoms with van der Waals surface area (Å²) >= 11 is 0. The molecule has 3 aromatic rings. The molecule has 136 valence electrons. The summed E-state index contributed by atoms with van der Waals surface area (Å²) < 4.78 is 27.3. The smallest absolute Gasteiger partial charge is 0.350 e. The first-order chi connectivity index (χ1) is 12.3. The van der Waals surface area contributed by atoms with Gasteiger partial charge in [0, 0.05) is 18.4 Å². The van der Waals surface area contributed by atoms with E-state index in [2.05, 4.69) is 15.1 Å². The molecule has 0 aliphatic heterocycles. The highest BCUT2D eigenvalue weighted by atomic mass is 32.2. The molecule has 0 fully saturated rings. The summed E-state index contributed by atoms with van der Waals surface area (Å²) in [5.41, 5.74) is 1.20. The number of pyridine rings is 1. The molecule has 26 heavy (non-hydrogen) atoms. The van der Waals surface area contributed by atoms with Crippen LogP contribution >= 0.6 is 0 Å². The minimum Gasteiger partial charge on any atom is -0.350 e. The maximum Gasteiger partial charge on any atom is 0.350 e. The van der Waals surface area contributed by atoms with E-state index in [1.807, 2.05) is 0 Å². The molecule has 2 heterocycles. The van der Waals surface area contributed by atoms with Crippen molar-refractivity contribution in [2.45, 2.75) is 13.1 Å². The zero-order valence-electron chi connectivity index (χ0n) is 13.9. The Balaban J connectivity index is 1.64. The fourth-order valence-electron chi connectivity index (χ4n) is 2.42. The number of amides is 1. The first-order valence-corrected chi connectivity index (χ1v) is 9.58. The van der Waals surface area contributed by atoms with Gasteiger partial charge in [0.2, 0.25) is 15.9 Å². The van der Waals surface area contributed by atoms with Gasteiger partial charge in [0.15, 0.2) is 5.65 Å². The highest BCUT2D eigenvalue weighted by molar-refractivity contribution is 7.92. The van der Waals surface area contributed by atoms with Crippen molar-refractivity contribution in [2.75, 3.05) is 11.0 Å². The molecule has 2 N–H and O–H groups in total. The number of nitrogens with one attached hydrogen (secondary N) is 2. The zero-order valence-corrected chi connectivity index (χ0v) is 14.7. The molecule has 0 saturated carbocycles. The Bertz CT molecular complexity index is 1120. The monoisotopic (exact) mass is 375 g/mol. The van der Waals surface area contributed by atoms with Crippen molar-refractivity contribution in [1.82, 2.24) is 19.5 Å². The van der Waals surface area contributed by atoms with Crippen LogP contribution in [-0.4, -0.2) is 34.8 Å². The third-order valence-corrected chi connectivity index (χ3v) is 4.11. The van der Waals surface area contributed by atoms with Crippen LogP contribution in [0.2, 0.25) is 0 Å². The first kappa shape index (κ1) is 17.7. The standard InChI is InChI=1S/C16H17N5O4S/c1-26(24,25)19-13-6-4-5-12(9-13)10-17-15(22)11-21-16(23)20-8-3-2-7-14(20)18-21/h2-9,19H,10-11H2,1H3,(H,17,22). The first-order valence-electron chi connectivity index (χ1n) is 7.69. The van der Waals surface area contributed by atoms with Crippen molar-refractivity contribution in [3.05, 3.63) is 64.7 Å². The normalized spacial score (nSPS) is 11.4. The zero-order chi connectivity index (χ0) is 18.7. The van der Waals surface area contributed by atoms with Crippen LogP contribution in [0.3, 0.4) is 0 Å². The van der Waals surface area contributed by atoms with Crippen molar-refractivity contribution in [1.29, 1.82) is 0 Å². The number of nitrogens with zero attached hydrogens (tertiary/aromatic N) is 3. The maximum absolute atomic E-state index is 12.1. The maximum atomic E-state index is 12.1. The molecule has 9 nitrogen and oxygen atoms in total. The van der Waals surface area contributed by atoms with Crippen LogP contribution < -0.4 is 15.7 Å². The molecule has 1 amide bonds.